The summed E-state index contributed by atoms with van der Waals surface area (Å²) < 4.78 is 1.97. The molecule has 1 aromatic heterocycles. The molecule has 1 heterocycles. The summed E-state index contributed by atoms with van der Waals surface area (Å²) in [7, 11) is 0. The van der Waals surface area contributed by atoms with Gasteiger partial charge in [-0.3, -0.25) is 4.68 Å². The third-order valence-electron chi connectivity index (χ3n) is 2.94. The lowest BCUT2D eigenvalue weighted by Crippen LogP contribution is -2.29. The summed E-state index contributed by atoms with van der Waals surface area (Å²) >= 11 is 17.0. The second-order valence-corrected chi connectivity index (χ2v) is 5.78. The van der Waals surface area contributed by atoms with Crippen molar-refractivity contribution in [3.05, 3.63) is 46.2 Å². The summed E-state index contributed by atoms with van der Waals surface area (Å²) in [5, 5.41) is 12.0. The number of nitrogens with one attached hydrogen (secondary N) is 2. The number of aromatic nitrogens is 2. The van der Waals surface area contributed by atoms with Gasteiger partial charge >= 0.3 is 0 Å². The lowest BCUT2D eigenvalue weighted by atomic mass is 10.3. The zero-order valence-corrected chi connectivity index (χ0v) is 13.9. The molecule has 2 rings (SSSR count). The highest BCUT2D eigenvalue weighted by atomic mass is 35.5. The summed E-state index contributed by atoms with van der Waals surface area (Å²) in [6, 6.07) is 7.29. The predicted octanol–water partition coefficient (Wildman–Crippen LogP) is 3.88. The van der Waals surface area contributed by atoms with Crippen molar-refractivity contribution >= 4 is 46.2 Å². The van der Waals surface area contributed by atoms with Crippen molar-refractivity contribution in [2.75, 3.05) is 11.9 Å². The third-order valence-corrected chi connectivity index (χ3v) is 3.92. The van der Waals surface area contributed by atoms with Gasteiger partial charge in [-0.25, -0.2) is 0 Å². The van der Waals surface area contributed by atoms with Crippen molar-refractivity contribution in [3.8, 4) is 0 Å². The van der Waals surface area contributed by atoms with Crippen LogP contribution in [0, 0.1) is 6.92 Å². The Hall–Kier alpha value is -1.30. The highest BCUT2D eigenvalue weighted by Gasteiger charge is 2.02. The van der Waals surface area contributed by atoms with E-state index < -0.39 is 0 Å². The molecule has 0 radical (unpaired) electrons. The van der Waals surface area contributed by atoms with Crippen LogP contribution in [0.2, 0.25) is 10.0 Å². The summed E-state index contributed by atoms with van der Waals surface area (Å²) in [5.74, 6) is 0. The zero-order chi connectivity index (χ0) is 15.2. The van der Waals surface area contributed by atoms with Crippen LogP contribution >= 0.6 is 35.4 Å². The highest BCUT2D eigenvalue weighted by Crippen LogP contribution is 2.24. The first-order chi connectivity index (χ1) is 10.1. The summed E-state index contributed by atoms with van der Waals surface area (Å²) in [6.45, 7) is 3.67. The van der Waals surface area contributed by atoms with Crippen molar-refractivity contribution in [1.82, 2.24) is 15.1 Å². The Morgan fingerprint density at radius 2 is 2.10 bits per heavy atom. The van der Waals surface area contributed by atoms with Crippen LogP contribution in [0.1, 0.15) is 12.1 Å². The van der Waals surface area contributed by atoms with Gasteiger partial charge < -0.3 is 10.6 Å². The first-order valence-corrected chi connectivity index (χ1v) is 7.71. The summed E-state index contributed by atoms with van der Waals surface area (Å²) in [4.78, 5) is 0. The molecule has 0 aliphatic rings. The maximum absolute atomic E-state index is 5.95. The molecule has 0 bridgehead atoms. The second-order valence-electron chi connectivity index (χ2n) is 4.56. The van der Waals surface area contributed by atoms with Gasteiger partial charge in [0.05, 0.1) is 10.0 Å². The van der Waals surface area contributed by atoms with Crippen molar-refractivity contribution < 1.29 is 0 Å². The zero-order valence-electron chi connectivity index (χ0n) is 11.6. The number of benzene rings is 1. The van der Waals surface area contributed by atoms with Crippen LogP contribution in [0.25, 0.3) is 0 Å². The number of hydrogen-bond donors (Lipinski definition) is 2. The van der Waals surface area contributed by atoms with Crippen LogP contribution in [0.15, 0.2) is 30.5 Å². The minimum Gasteiger partial charge on any atom is -0.362 e. The maximum atomic E-state index is 5.95. The quantitative estimate of drug-likeness (QED) is 0.639. The van der Waals surface area contributed by atoms with Gasteiger partial charge in [-0.15, -0.1) is 0 Å². The Kier molecular flexibility index (Phi) is 5.85. The average molecular weight is 343 g/mol. The Bertz CT molecular complexity index is 627. The number of aryl methyl sites for hydroxylation is 2. The van der Waals surface area contributed by atoms with Gasteiger partial charge in [0, 0.05) is 30.7 Å². The van der Waals surface area contributed by atoms with E-state index in [0.29, 0.717) is 15.2 Å². The number of anilines is 1. The van der Waals surface area contributed by atoms with E-state index in [9.17, 15) is 0 Å². The predicted molar refractivity (Wildman–Crippen MR) is 92.3 cm³/mol. The van der Waals surface area contributed by atoms with Gasteiger partial charge in [-0.05, 0) is 49.8 Å². The second kappa shape index (κ2) is 7.64. The molecule has 0 saturated carbocycles. The SMILES string of the molecule is Cc1ccnn1CCCNC(=S)Nc1ccc(Cl)c(Cl)c1. The largest absolute Gasteiger partial charge is 0.362 e. The lowest BCUT2D eigenvalue weighted by molar-refractivity contribution is 0.561. The van der Waals surface area contributed by atoms with Crippen LogP contribution in [0.3, 0.4) is 0 Å². The monoisotopic (exact) mass is 342 g/mol. The first-order valence-electron chi connectivity index (χ1n) is 6.54. The van der Waals surface area contributed by atoms with E-state index in [1.807, 2.05) is 23.7 Å². The van der Waals surface area contributed by atoms with Gasteiger partial charge in [-0.2, -0.15) is 5.10 Å². The fourth-order valence-corrected chi connectivity index (χ4v) is 2.33. The van der Waals surface area contributed by atoms with Gasteiger partial charge in [0.2, 0.25) is 0 Å². The third kappa shape index (κ3) is 4.88. The molecule has 0 spiro atoms. The van der Waals surface area contributed by atoms with Gasteiger partial charge in [0.25, 0.3) is 0 Å². The molecule has 4 nitrogen and oxygen atoms in total. The first kappa shape index (κ1) is 16.1. The van der Waals surface area contributed by atoms with Gasteiger partial charge in [0.15, 0.2) is 5.11 Å². The number of thiocarbonyl (C=S) groups is 1. The van der Waals surface area contributed by atoms with E-state index in [1.165, 1.54) is 0 Å². The number of rotatable bonds is 5. The molecule has 0 aliphatic carbocycles. The molecule has 112 valence electrons. The van der Waals surface area contributed by atoms with Crippen LogP contribution < -0.4 is 10.6 Å². The normalized spacial score (nSPS) is 10.4. The summed E-state index contributed by atoms with van der Waals surface area (Å²) in [5.41, 5.74) is 1.97. The Labute approximate surface area is 139 Å². The van der Waals surface area contributed by atoms with E-state index >= 15 is 0 Å². The van der Waals surface area contributed by atoms with E-state index in [2.05, 4.69) is 15.7 Å². The van der Waals surface area contributed by atoms with E-state index in [0.717, 1.165) is 30.9 Å². The highest BCUT2D eigenvalue weighted by molar-refractivity contribution is 7.80. The molecule has 7 heteroatoms. The van der Waals surface area contributed by atoms with Crippen LogP contribution in [0.5, 0.6) is 0 Å². The molecular weight excluding hydrogens is 327 g/mol. The smallest absolute Gasteiger partial charge is 0.170 e. The molecule has 0 fully saturated rings. The molecule has 2 aromatic rings. The Balaban J connectivity index is 1.72. The lowest BCUT2D eigenvalue weighted by Gasteiger charge is -2.11. The Morgan fingerprint density at radius 1 is 1.29 bits per heavy atom. The number of nitrogens with zero attached hydrogens (tertiary/aromatic N) is 2. The van der Waals surface area contributed by atoms with Crippen LogP contribution in [0.4, 0.5) is 5.69 Å². The van der Waals surface area contributed by atoms with E-state index in [4.69, 9.17) is 35.4 Å². The van der Waals surface area contributed by atoms with E-state index in [1.54, 1.807) is 18.3 Å². The summed E-state index contributed by atoms with van der Waals surface area (Å²) in [6.07, 6.45) is 2.74. The standard InChI is InChI=1S/C14H16Cl2N4S/c1-10-5-7-18-20(10)8-2-6-17-14(21)19-11-3-4-12(15)13(16)9-11/h3-5,7,9H,2,6,8H2,1H3,(H2,17,19,21). The fraction of sp³-hybridized carbons (Fsp3) is 0.286. The minimum absolute atomic E-state index is 0.499. The molecule has 1 aromatic carbocycles. The molecule has 2 N–H and O–H groups in total. The van der Waals surface area contributed by atoms with E-state index in [-0.39, 0.29) is 0 Å². The minimum atomic E-state index is 0.499. The van der Waals surface area contributed by atoms with Crippen molar-refractivity contribution in [2.24, 2.45) is 0 Å². The molecule has 0 saturated heterocycles. The number of hydrogen-bond acceptors (Lipinski definition) is 2. The molecule has 0 atom stereocenters. The fourth-order valence-electron chi connectivity index (χ4n) is 1.81. The van der Waals surface area contributed by atoms with Crippen molar-refractivity contribution in [2.45, 2.75) is 19.9 Å². The molecule has 0 aliphatic heterocycles. The van der Waals surface area contributed by atoms with Gasteiger partial charge in [-0.1, -0.05) is 23.2 Å². The Morgan fingerprint density at radius 3 is 2.76 bits per heavy atom. The molecular formula is C14H16Cl2N4S. The van der Waals surface area contributed by atoms with Crippen molar-refractivity contribution in [3.63, 3.8) is 0 Å². The molecule has 21 heavy (non-hydrogen) atoms. The maximum Gasteiger partial charge on any atom is 0.170 e. The average Bonchev–Trinajstić information content (AvgIpc) is 2.85. The molecule has 0 unspecified atom stereocenters. The van der Waals surface area contributed by atoms with Crippen LogP contribution in [-0.4, -0.2) is 21.4 Å². The number of halogens is 2. The topological polar surface area (TPSA) is 41.9 Å². The van der Waals surface area contributed by atoms with Gasteiger partial charge in [0.1, 0.15) is 0 Å². The van der Waals surface area contributed by atoms with Crippen LogP contribution in [-0.2, 0) is 6.54 Å². The molecule has 0 amide bonds. The van der Waals surface area contributed by atoms with Crippen molar-refractivity contribution in [1.29, 1.82) is 0 Å².